The third-order valence-corrected chi connectivity index (χ3v) is 7.81. The molecule has 6 rings (SSSR count). The molecule has 42 heavy (non-hydrogen) atoms. The molecular weight excluding hydrogens is 549 g/mol. The van der Waals surface area contributed by atoms with Gasteiger partial charge in [-0.15, -0.1) is 0 Å². The summed E-state index contributed by atoms with van der Waals surface area (Å²) in [6.07, 6.45) is -3.75. The molecule has 4 aromatic rings. The molecular formula is C32H29F3N2O5. The Morgan fingerprint density at radius 1 is 1.05 bits per heavy atom. The predicted octanol–water partition coefficient (Wildman–Crippen LogP) is 7.65. The first-order valence-corrected chi connectivity index (χ1v) is 13.8. The van der Waals surface area contributed by atoms with Crippen LogP contribution in [0.3, 0.4) is 0 Å². The van der Waals surface area contributed by atoms with Crippen molar-refractivity contribution in [3.8, 4) is 34.0 Å². The van der Waals surface area contributed by atoms with E-state index in [1.165, 1.54) is 13.2 Å². The van der Waals surface area contributed by atoms with Crippen LogP contribution >= 0.6 is 0 Å². The number of carbonyl (C=O) groups is 1. The van der Waals surface area contributed by atoms with Gasteiger partial charge in [0.2, 0.25) is 11.7 Å². The molecule has 7 nitrogen and oxygen atoms in total. The molecule has 10 heteroatoms. The molecule has 1 aliphatic carbocycles. The highest BCUT2D eigenvalue weighted by Crippen LogP contribution is 2.47. The lowest BCUT2D eigenvalue weighted by Crippen LogP contribution is -2.10. The topological polar surface area (TPSA) is 83.7 Å². The Labute approximate surface area is 240 Å². The molecule has 3 aromatic carbocycles. The molecule has 0 spiro atoms. The number of methoxy groups -OCH3 is 1. The van der Waals surface area contributed by atoms with Crippen molar-refractivity contribution in [2.45, 2.75) is 57.2 Å². The van der Waals surface area contributed by atoms with Gasteiger partial charge in [0.25, 0.3) is 0 Å². The smallest absolute Gasteiger partial charge is 0.417 e. The maximum atomic E-state index is 14.2. The number of hydrogen-bond donors (Lipinski definition) is 0. The van der Waals surface area contributed by atoms with Gasteiger partial charge in [-0.1, -0.05) is 55.4 Å². The van der Waals surface area contributed by atoms with E-state index in [1.807, 2.05) is 26.0 Å². The van der Waals surface area contributed by atoms with Crippen LogP contribution in [0.2, 0.25) is 0 Å². The monoisotopic (exact) mass is 578 g/mol. The van der Waals surface area contributed by atoms with Crippen molar-refractivity contribution in [3.63, 3.8) is 0 Å². The number of esters is 1. The first-order valence-electron chi connectivity index (χ1n) is 13.8. The summed E-state index contributed by atoms with van der Waals surface area (Å²) in [7, 11) is 1.35. The first kappa shape index (κ1) is 27.8. The van der Waals surface area contributed by atoms with Crippen LogP contribution in [-0.4, -0.2) is 29.8 Å². The van der Waals surface area contributed by atoms with Gasteiger partial charge in [0.15, 0.2) is 0 Å². The number of nitrogens with zero attached hydrogens (tertiary/aromatic N) is 2. The van der Waals surface area contributed by atoms with Crippen molar-refractivity contribution < 1.29 is 36.7 Å². The number of carbonyl (C=O) groups excluding carboxylic acids is 1. The van der Waals surface area contributed by atoms with Gasteiger partial charge in [0.1, 0.15) is 17.6 Å². The van der Waals surface area contributed by atoms with E-state index in [4.69, 9.17) is 18.7 Å². The highest BCUT2D eigenvalue weighted by atomic mass is 19.4. The van der Waals surface area contributed by atoms with Crippen LogP contribution in [0.25, 0.3) is 22.5 Å². The Balaban J connectivity index is 1.29. The molecule has 0 N–H and O–H groups in total. The Bertz CT molecular complexity index is 1630. The summed E-state index contributed by atoms with van der Waals surface area (Å²) in [5.74, 6) is 1.74. The molecule has 0 saturated carbocycles. The second-order valence-electron chi connectivity index (χ2n) is 10.9. The molecule has 1 unspecified atom stereocenters. The second-order valence-corrected chi connectivity index (χ2v) is 10.9. The van der Waals surface area contributed by atoms with E-state index < -0.39 is 17.8 Å². The van der Waals surface area contributed by atoms with Gasteiger partial charge in [-0.2, -0.15) is 18.2 Å². The van der Waals surface area contributed by atoms with E-state index in [9.17, 15) is 18.0 Å². The zero-order valence-corrected chi connectivity index (χ0v) is 23.3. The van der Waals surface area contributed by atoms with E-state index >= 15 is 0 Å². The summed E-state index contributed by atoms with van der Waals surface area (Å²) in [6.45, 7) is 4.24. The fourth-order valence-electron chi connectivity index (χ4n) is 5.68. The van der Waals surface area contributed by atoms with Crippen molar-refractivity contribution in [2.24, 2.45) is 0 Å². The number of halogens is 3. The molecule has 0 fully saturated rings. The molecule has 2 heterocycles. The normalized spacial score (nSPS) is 17.6. The summed E-state index contributed by atoms with van der Waals surface area (Å²) in [4.78, 5) is 16.1. The van der Waals surface area contributed by atoms with Crippen molar-refractivity contribution in [2.75, 3.05) is 13.7 Å². The number of aromatic nitrogens is 2. The van der Waals surface area contributed by atoms with E-state index in [0.717, 1.165) is 17.2 Å². The number of benzene rings is 3. The molecule has 0 radical (unpaired) electrons. The molecule has 2 aliphatic rings. The third-order valence-electron chi connectivity index (χ3n) is 7.81. The Hall–Kier alpha value is -4.34. The first-order chi connectivity index (χ1) is 20.1. The molecule has 1 aromatic heterocycles. The second kappa shape index (κ2) is 10.8. The Kier molecular flexibility index (Phi) is 7.16. The minimum Gasteiger partial charge on any atom is -0.492 e. The Morgan fingerprint density at radius 3 is 2.48 bits per heavy atom. The summed E-state index contributed by atoms with van der Waals surface area (Å²) in [6, 6.07) is 14.9. The summed E-state index contributed by atoms with van der Waals surface area (Å²) in [5.41, 5.74) is 2.85. The van der Waals surface area contributed by atoms with Gasteiger partial charge in [0, 0.05) is 29.0 Å². The predicted molar refractivity (Wildman–Crippen MR) is 147 cm³/mol. The molecule has 0 saturated heterocycles. The van der Waals surface area contributed by atoms with Crippen LogP contribution in [0, 0.1) is 0 Å². The zero-order chi connectivity index (χ0) is 29.6. The van der Waals surface area contributed by atoms with Crippen LogP contribution < -0.4 is 9.47 Å². The quantitative estimate of drug-likeness (QED) is 0.208. The SMILES string of the molecule is COC(=O)CC1COc2cc(O[C@@H]3CCc4c3ccc(C(F)(F)F)c4-c3ccc(-c4noc(C(C)C)n4)cc3)ccc21. The van der Waals surface area contributed by atoms with E-state index in [1.54, 1.807) is 30.3 Å². The number of hydrogen-bond acceptors (Lipinski definition) is 7. The highest BCUT2D eigenvalue weighted by Gasteiger charge is 2.38. The number of rotatable bonds is 7. The number of fused-ring (bicyclic) bond motifs is 2. The van der Waals surface area contributed by atoms with E-state index in [-0.39, 0.29) is 29.8 Å². The van der Waals surface area contributed by atoms with Crippen LogP contribution in [0.4, 0.5) is 13.2 Å². The summed E-state index contributed by atoms with van der Waals surface area (Å²) >= 11 is 0. The van der Waals surface area contributed by atoms with Gasteiger partial charge in [0.05, 0.1) is 25.7 Å². The molecule has 2 atom stereocenters. The number of alkyl halides is 3. The van der Waals surface area contributed by atoms with Crippen molar-refractivity contribution >= 4 is 5.97 Å². The fraction of sp³-hybridized carbons (Fsp3) is 0.344. The van der Waals surface area contributed by atoms with E-state index in [0.29, 0.717) is 59.4 Å². The largest absolute Gasteiger partial charge is 0.492 e. The van der Waals surface area contributed by atoms with Gasteiger partial charge >= 0.3 is 12.1 Å². The third kappa shape index (κ3) is 5.21. The lowest BCUT2D eigenvalue weighted by molar-refractivity contribution is -0.141. The van der Waals surface area contributed by atoms with E-state index in [2.05, 4.69) is 10.1 Å². The minimum absolute atomic E-state index is 0.0646. The average Bonchev–Trinajstić information content (AvgIpc) is 3.71. The molecule has 0 amide bonds. The zero-order valence-electron chi connectivity index (χ0n) is 23.3. The highest BCUT2D eigenvalue weighted by molar-refractivity contribution is 5.76. The maximum Gasteiger partial charge on any atom is 0.417 e. The minimum atomic E-state index is -4.53. The average molecular weight is 579 g/mol. The molecule has 1 aliphatic heterocycles. The summed E-state index contributed by atoms with van der Waals surface area (Å²) < 4.78 is 64.8. The van der Waals surface area contributed by atoms with Crippen LogP contribution in [0.15, 0.2) is 59.1 Å². The van der Waals surface area contributed by atoms with Gasteiger partial charge in [-0.3, -0.25) is 4.79 Å². The maximum absolute atomic E-state index is 14.2. The lowest BCUT2D eigenvalue weighted by Gasteiger charge is -2.20. The lowest BCUT2D eigenvalue weighted by atomic mass is 9.91. The summed E-state index contributed by atoms with van der Waals surface area (Å²) in [5, 5.41) is 4.00. The number of ether oxygens (including phenoxy) is 3. The fourth-order valence-corrected chi connectivity index (χ4v) is 5.68. The van der Waals surface area contributed by atoms with Gasteiger partial charge in [-0.25, -0.2) is 0 Å². The van der Waals surface area contributed by atoms with Crippen molar-refractivity contribution in [3.05, 3.63) is 82.7 Å². The van der Waals surface area contributed by atoms with Gasteiger partial charge < -0.3 is 18.7 Å². The molecule has 0 bridgehead atoms. The standard InChI is InChI=1S/C32H29F3N2O5/c1-17(2)31-36-30(37-42-31)19-6-4-18(5-7-19)29-24-11-13-26(23(24)10-12-25(29)32(33,34)35)41-21-8-9-22-20(14-28(38)39-3)16-40-27(22)15-21/h4-10,12,15,17,20,26H,11,13-14,16H2,1-3H3/t20?,26-/m1/s1. The molecule has 218 valence electrons. The van der Waals surface area contributed by atoms with Crippen LogP contribution in [0.1, 0.15) is 72.8 Å². The van der Waals surface area contributed by atoms with Crippen molar-refractivity contribution in [1.82, 2.24) is 10.1 Å². The van der Waals surface area contributed by atoms with Crippen molar-refractivity contribution in [1.29, 1.82) is 0 Å². The van der Waals surface area contributed by atoms with Crippen LogP contribution in [-0.2, 0) is 22.1 Å². The Morgan fingerprint density at radius 2 is 1.79 bits per heavy atom. The van der Waals surface area contributed by atoms with Crippen LogP contribution in [0.5, 0.6) is 11.5 Å². The van der Waals surface area contributed by atoms with Gasteiger partial charge in [-0.05, 0) is 47.2 Å².